The highest BCUT2D eigenvalue weighted by Crippen LogP contribution is 2.38. The summed E-state index contributed by atoms with van der Waals surface area (Å²) >= 11 is 0. The number of benzene rings is 1. The van der Waals surface area contributed by atoms with Crippen molar-refractivity contribution in [2.24, 2.45) is 5.92 Å². The van der Waals surface area contributed by atoms with E-state index in [1.807, 2.05) is 12.1 Å². The molecule has 1 N–H and O–H groups in total. The molecule has 1 heterocycles. The lowest BCUT2D eigenvalue weighted by Crippen LogP contribution is -2.28. The fourth-order valence-electron chi connectivity index (χ4n) is 3.47. The van der Waals surface area contributed by atoms with Gasteiger partial charge in [-0.25, -0.2) is 0 Å². The van der Waals surface area contributed by atoms with Crippen LogP contribution in [0.15, 0.2) is 24.3 Å². The summed E-state index contributed by atoms with van der Waals surface area (Å²) in [6.45, 7) is 2.25. The molecule has 20 heavy (non-hydrogen) atoms. The van der Waals surface area contributed by atoms with Crippen molar-refractivity contribution in [2.45, 2.75) is 50.9 Å². The number of hydrogen-bond acceptors (Lipinski definition) is 2. The van der Waals surface area contributed by atoms with E-state index in [1.54, 1.807) is 0 Å². The van der Waals surface area contributed by atoms with E-state index in [2.05, 4.69) is 17.4 Å². The molecule has 1 saturated heterocycles. The third kappa shape index (κ3) is 3.12. The first-order chi connectivity index (χ1) is 9.84. The Morgan fingerprint density at radius 3 is 2.55 bits per heavy atom. The molecule has 1 aromatic rings. The van der Waals surface area contributed by atoms with E-state index in [0.29, 0.717) is 11.7 Å². The zero-order valence-electron chi connectivity index (χ0n) is 12.2. The molecule has 0 bridgehead atoms. The Balaban J connectivity index is 1.61. The third-order valence-electron chi connectivity index (χ3n) is 5.04. The monoisotopic (exact) mass is 271 g/mol. The van der Waals surface area contributed by atoms with Crippen molar-refractivity contribution < 1.29 is 4.79 Å². The predicted molar refractivity (Wildman–Crippen MR) is 82.2 cm³/mol. The quantitative estimate of drug-likeness (QED) is 0.822. The highest BCUT2D eigenvalue weighted by molar-refractivity contribution is 5.97. The number of hydrogen-bond donors (Lipinski definition) is 1. The summed E-state index contributed by atoms with van der Waals surface area (Å²) in [6, 6.07) is 8.30. The molecule has 0 spiro atoms. The van der Waals surface area contributed by atoms with Crippen molar-refractivity contribution in [2.75, 3.05) is 13.1 Å². The molecule has 0 unspecified atom stereocenters. The number of rotatable bonds is 5. The van der Waals surface area contributed by atoms with E-state index in [0.717, 1.165) is 37.4 Å². The molecule has 0 aromatic heterocycles. The van der Waals surface area contributed by atoms with Crippen molar-refractivity contribution >= 4 is 5.78 Å². The molecule has 1 saturated carbocycles. The highest BCUT2D eigenvalue weighted by atomic mass is 16.1. The van der Waals surface area contributed by atoms with Crippen LogP contribution < -0.4 is 5.32 Å². The Kier molecular flexibility index (Phi) is 4.51. The normalized spacial score (nSPS) is 20.6. The maximum atomic E-state index is 12.5. The van der Waals surface area contributed by atoms with Crippen LogP contribution in [0.3, 0.4) is 0 Å². The lowest BCUT2D eigenvalue weighted by Gasteiger charge is -2.28. The Labute approximate surface area is 122 Å². The van der Waals surface area contributed by atoms with Crippen LogP contribution in [0, 0.1) is 5.92 Å². The number of piperidine rings is 1. The molecular formula is C18H25NO. The molecule has 0 amide bonds. The van der Waals surface area contributed by atoms with Crippen molar-refractivity contribution in [3.8, 4) is 0 Å². The number of carbonyl (C=O) groups is 1. The van der Waals surface area contributed by atoms with Crippen LogP contribution in [-0.2, 0) is 0 Å². The molecule has 108 valence electrons. The van der Waals surface area contributed by atoms with Crippen molar-refractivity contribution in [1.29, 1.82) is 0 Å². The number of nitrogens with one attached hydrogen (secondary N) is 1. The lowest BCUT2D eigenvalue weighted by atomic mass is 9.77. The maximum absolute atomic E-state index is 12.5. The minimum absolute atomic E-state index is 0.367. The summed E-state index contributed by atoms with van der Waals surface area (Å²) in [5.41, 5.74) is 2.32. The summed E-state index contributed by atoms with van der Waals surface area (Å²) in [5.74, 6) is 1.76. The zero-order chi connectivity index (χ0) is 13.8. The standard InChI is InChI=1S/C18H25NO/c20-18(9-8-14-10-12-19-13-11-14)17-7-2-1-6-16(17)15-4-3-5-15/h1-2,6-7,14-15,19H,3-5,8-13H2. The van der Waals surface area contributed by atoms with Crippen molar-refractivity contribution in [3.63, 3.8) is 0 Å². The van der Waals surface area contributed by atoms with Gasteiger partial charge in [0, 0.05) is 12.0 Å². The predicted octanol–water partition coefficient (Wildman–Crippen LogP) is 3.92. The first-order valence-electron chi connectivity index (χ1n) is 8.17. The Morgan fingerprint density at radius 2 is 1.85 bits per heavy atom. The fourth-order valence-corrected chi connectivity index (χ4v) is 3.47. The molecule has 1 aliphatic heterocycles. The van der Waals surface area contributed by atoms with E-state index in [1.165, 1.54) is 37.7 Å². The van der Waals surface area contributed by atoms with E-state index in [-0.39, 0.29) is 0 Å². The number of ketones is 1. The summed E-state index contributed by atoms with van der Waals surface area (Å²) in [6.07, 6.45) is 8.11. The zero-order valence-corrected chi connectivity index (χ0v) is 12.2. The van der Waals surface area contributed by atoms with Crippen LogP contribution in [0.4, 0.5) is 0 Å². The van der Waals surface area contributed by atoms with Gasteiger partial charge in [-0.3, -0.25) is 4.79 Å². The molecule has 2 fully saturated rings. The van der Waals surface area contributed by atoms with Gasteiger partial charge in [0.1, 0.15) is 0 Å². The molecule has 2 heteroatoms. The molecule has 0 atom stereocenters. The van der Waals surface area contributed by atoms with E-state index < -0.39 is 0 Å². The summed E-state index contributed by atoms with van der Waals surface area (Å²) in [7, 11) is 0. The van der Waals surface area contributed by atoms with Gasteiger partial charge in [0.25, 0.3) is 0 Å². The Bertz CT molecular complexity index is 458. The SMILES string of the molecule is O=C(CCC1CCNCC1)c1ccccc1C1CCC1. The van der Waals surface area contributed by atoms with Crippen LogP contribution in [0.25, 0.3) is 0 Å². The van der Waals surface area contributed by atoms with E-state index in [9.17, 15) is 4.79 Å². The first-order valence-corrected chi connectivity index (χ1v) is 8.17. The van der Waals surface area contributed by atoms with Gasteiger partial charge in [-0.15, -0.1) is 0 Å². The molecule has 2 nitrogen and oxygen atoms in total. The van der Waals surface area contributed by atoms with Gasteiger partial charge in [-0.2, -0.15) is 0 Å². The second-order valence-electron chi connectivity index (χ2n) is 6.37. The van der Waals surface area contributed by atoms with Crippen molar-refractivity contribution in [1.82, 2.24) is 5.32 Å². The van der Waals surface area contributed by atoms with Crippen LogP contribution in [0.2, 0.25) is 0 Å². The van der Waals surface area contributed by atoms with Crippen LogP contribution in [-0.4, -0.2) is 18.9 Å². The third-order valence-corrected chi connectivity index (χ3v) is 5.04. The smallest absolute Gasteiger partial charge is 0.163 e. The second-order valence-corrected chi connectivity index (χ2v) is 6.37. The van der Waals surface area contributed by atoms with Gasteiger partial charge in [-0.1, -0.05) is 30.7 Å². The highest BCUT2D eigenvalue weighted by Gasteiger charge is 2.24. The van der Waals surface area contributed by atoms with Gasteiger partial charge in [0.05, 0.1) is 0 Å². The minimum atomic E-state index is 0.367. The molecule has 3 rings (SSSR count). The molecule has 1 aromatic carbocycles. The second kappa shape index (κ2) is 6.53. The molecule has 0 radical (unpaired) electrons. The topological polar surface area (TPSA) is 29.1 Å². The molecular weight excluding hydrogens is 246 g/mol. The van der Waals surface area contributed by atoms with Crippen LogP contribution in [0.1, 0.15) is 66.8 Å². The largest absolute Gasteiger partial charge is 0.317 e. The van der Waals surface area contributed by atoms with Gasteiger partial charge in [0.15, 0.2) is 5.78 Å². The van der Waals surface area contributed by atoms with Crippen molar-refractivity contribution in [3.05, 3.63) is 35.4 Å². The van der Waals surface area contributed by atoms with E-state index >= 15 is 0 Å². The minimum Gasteiger partial charge on any atom is -0.317 e. The lowest BCUT2D eigenvalue weighted by molar-refractivity contribution is 0.0968. The van der Waals surface area contributed by atoms with E-state index in [4.69, 9.17) is 0 Å². The van der Waals surface area contributed by atoms with Gasteiger partial charge >= 0.3 is 0 Å². The summed E-state index contributed by atoms with van der Waals surface area (Å²) < 4.78 is 0. The summed E-state index contributed by atoms with van der Waals surface area (Å²) in [5, 5.41) is 3.39. The maximum Gasteiger partial charge on any atom is 0.163 e. The summed E-state index contributed by atoms with van der Waals surface area (Å²) in [4.78, 5) is 12.5. The first kappa shape index (κ1) is 13.8. The molecule has 2 aliphatic rings. The number of Topliss-reactive ketones (excluding diaryl/α,β-unsaturated/α-hetero) is 1. The Morgan fingerprint density at radius 1 is 1.10 bits per heavy atom. The number of carbonyl (C=O) groups excluding carboxylic acids is 1. The van der Waals surface area contributed by atoms with Gasteiger partial charge in [0.2, 0.25) is 0 Å². The van der Waals surface area contributed by atoms with Crippen LogP contribution in [0.5, 0.6) is 0 Å². The van der Waals surface area contributed by atoms with Gasteiger partial charge in [-0.05, 0) is 62.6 Å². The molecule has 1 aliphatic carbocycles. The average molecular weight is 271 g/mol. The van der Waals surface area contributed by atoms with Gasteiger partial charge < -0.3 is 5.32 Å². The average Bonchev–Trinajstić information content (AvgIpc) is 2.45. The fraction of sp³-hybridized carbons (Fsp3) is 0.611. The van der Waals surface area contributed by atoms with Crippen LogP contribution >= 0.6 is 0 Å². The Hall–Kier alpha value is -1.15.